The summed E-state index contributed by atoms with van der Waals surface area (Å²) >= 11 is 0. The average Bonchev–Trinajstić information content (AvgIpc) is 2.48. The first-order chi connectivity index (χ1) is 10.3. The molecular formula is C14H15N3O5. The number of carbonyl (C=O) groups excluding carboxylic acids is 2. The van der Waals surface area contributed by atoms with E-state index in [9.17, 15) is 24.8 Å². The Hall–Kier alpha value is -2.95. The van der Waals surface area contributed by atoms with Crippen LogP contribution in [0, 0.1) is 21.4 Å². The lowest BCUT2D eigenvalue weighted by atomic mass is 9.98. The molecule has 0 bridgehead atoms. The van der Waals surface area contributed by atoms with Gasteiger partial charge in [0.05, 0.1) is 4.92 Å². The van der Waals surface area contributed by atoms with Crippen molar-refractivity contribution in [1.29, 1.82) is 5.26 Å². The van der Waals surface area contributed by atoms with Crippen molar-refractivity contribution in [1.82, 2.24) is 4.90 Å². The van der Waals surface area contributed by atoms with E-state index >= 15 is 0 Å². The quantitative estimate of drug-likeness (QED) is 0.353. The van der Waals surface area contributed by atoms with Crippen LogP contribution < -0.4 is 0 Å². The molecule has 0 aromatic heterocycles. The highest BCUT2D eigenvalue weighted by Crippen LogP contribution is 2.22. The maximum absolute atomic E-state index is 12.1. The minimum absolute atomic E-state index is 0.131. The number of hydrogen-bond acceptors (Lipinski definition) is 6. The number of aliphatic hydroxyl groups excluding tert-OH is 1. The van der Waals surface area contributed by atoms with Crippen LogP contribution in [0.15, 0.2) is 34.8 Å². The van der Waals surface area contributed by atoms with Crippen LogP contribution in [0.25, 0.3) is 0 Å². The van der Waals surface area contributed by atoms with Crippen molar-refractivity contribution >= 4 is 11.7 Å². The normalized spacial score (nSPS) is 15.2. The zero-order valence-electron chi connectivity index (χ0n) is 12.2. The summed E-state index contributed by atoms with van der Waals surface area (Å²) in [5.74, 6) is -2.26. The first-order valence-electron chi connectivity index (χ1n) is 6.58. The third-order valence-corrected chi connectivity index (χ3v) is 3.12. The summed E-state index contributed by atoms with van der Waals surface area (Å²) in [6.45, 7) is 4.33. The van der Waals surface area contributed by atoms with Crippen molar-refractivity contribution < 1.29 is 19.6 Å². The fourth-order valence-corrected chi connectivity index (χ4v) is 1.95. The molecule has 1 aliphatic rings. The molecule has 22 heavy (non-hydrogen) atoms. The van der Waals surface area contributed by atoms with E-state index in [4.69, 9.17) is 5.26 Å². The number of rotatable bonds is 5. The number of aliphatic hydroxyl groups is 1. The largest absolute Gasteiger partial charge is 0.500 e. The Balaban J connectivity index is 3.22. The minimum Gasteiger partial charge on any atom is -0.500 e. The van der Waals surface area contributed by atoms with Crippen LogP contribution in [0.1, 0.15) is 20.3 Å². The average molecular weight is 305 g/mol. The standard InChI is InChI=1S/C14H15N3O5/c1-3-16(4-2)14(20)10(8-15)5-9-6-11(17(21)22)13(19)12(18)7-9/h5-6,19H,3-4,7H2,1-2H3. The van der Waals surface area contributed by atoms with Crippen molar-refractivity contribution in [3.8, 4) is 6.07 Å². The van der Waals surface area contributed by atoms with Crippen LogP contribution >= 0.6 is 0 Å². The molecule has 0 aliphatic heterocycles. The van der Waals surface area contributed by atoms with E-state index in [2.05, 4.69) is 0 Å². The highest BCUT2D eigenvalue weighted by molar-refractivity contribution is 6.00. The Kier molecular flexibility index (Phi) is 5.57. The van der Waals surface area contributed by atoms with Crippen molar-refractivity contribution in [2.45, 2.75) is 20.3 Å². The number of Topliss-reactive ketones (excluding diaryl/α,β-unsaturated/α-hetero) is 1. The number of likely N-dealkylation sites (N-methyl/N-ethyl adjacent to an activating group) is 1. The lowest BCUT2D eigenvalue weighted by Crippen LogP contribution is -2.31. The number of nitro groups is 1. The fraction of sp³-hybridized carbons (Fsp3) is 0.357. The van der Waals surface area contributed by atoms with Gasteiger partial charge in [-0.1, -0.05) is 0 Å². The van der Waals surface area contributed by atoms with Gasteiger partial charge < -0.3 is 10.0 Å². The Morgan fingerprint density at radius 1 is 1.55 bits per heavy atom. The molecule has 8 nitrogen and oxygen atoms in total. The van der Waals surface area contributed by atoms with Gasteiger partial charge in [-0.3, -0.25) is 19.7 Å². The van der Waals surface area contributed by atoms with Crippen LogP contribution in [0.3, 0.4) is 0 Å². The number of carbonyl (C=O) groups is 2. The van der Waals surface area contributed by atoms with Gasteiger partial charge in [-0.05, 0) is 25.5 Å². The Labute approximate surface area is 126 Å². The van der Waals surface area contributed by atoms with Crippen molar-refractivity contribution in [2.75, 3.05) is 13.1 Å². The van der Waals surface area contributed by atoms with Gasteiger partial charge in [-0.25, -0.2) is 0 Å². The smallest absolute Gasteiger partial charge is 0.314 e. The molecule has 0 saturated carbocycles. The molecule has 1 rings (SSSR count). The summed E-state index contributed by atoms with van der Waals surface area (Å²) in [4.78, 5) is 34.9. The van der Waals surface area contributed by atoms with Crippen LogP contribution in [-0.4, -0.2) is 39.7 Å². The molecule has 8 heteroatoms. The summed E-state index contributed by atoms with van der Waals surface area (Å²) in [6, 6.07) is 1.74. The molecule has 0 aromatic carbocycles. The number of hydrogen-bond donors (Lipinski definition) is 1. The molecule has 0 atom stereocenters. The molecule has 1 aliphatic carbocycles. The van der Waals surface area contributed by atoms with Gasteiger partial charge in [0.1, 0.15) is 11.6 Å². The Bertz CT molecular complexity index is 648. The monoisotopic (exact) mass is 305 g/mol. The fourth-order valence-electron chi connectivity index (χ4n) is 1.95. The maximum Gasteiger partial charge on any atom is 0.314 e. The molecule has 0 aromatic rings. The van der Waals surface area contributed by atoms with Gasteiger partial charge in [-0.2, -0.15) is 5.26 Å². The molecule has 0 radical (unpaired) electrons. The third-order valence-electron chi connectivity index (χ3n) is 3.12. The van der Waals surface area contributed by atoms with Crippen LogP contribution in [0.4, 0.5) is 0 Å². The van der Waals surface area contributed by atoms with Gasteiger partial charge in [0, 0.05) is 25.6 Å². The van der Waals surface area contributed by atoms with Crippen LogP contribution in [0.2, 0.25) is 0 Å². The summed E-state index contributed by atoms with van der Waals surface area (Å²) in [7, 11) is 0. The molecule has 0 saturated heterocycles. The van der Waals surface area contributed by atoms with E-state index in [1.165, 1.54) is 4.90 Å². The molecule has 0 fully saturated rings. The summed E-state index contributed by atoms with van der Waals surface area (Å²) < 4.78 is 0. The molecule has 1 N–H and O–H groups in total. The molecule has 0 unspecified atom stereocenters. The predicted molar refractivity (Wildman–Crippen MR) is 76.0 cm³/mol. The van der Waals surface area contributed by atoms with Gasteiger partial charge in [-0.15, -0.1) is 0 Å². The lowest BCUT2D eigenvalue weighted by Gasteiger charge is -2.18. The lowest BCUT2D eigenvalue weighted by molar-refractivity contribution is -0.421. The van der Waals surface area contributed by atoms with Crippen molar-refractivity contribution in [2.24, 2.45) is 0 Å². The van der Waals surface area contributed by atoms with Crippen LogP contribution in [-0.2, 0) is 9.59 Å². The zero-order valence-corrected chi connectivity index (χ0v) is 12.2. The summed E-state index contributed by atoms with van der Waals surface area (Å²) in [5, 5.41) is 29.2. The number of nitriles is 1. The van der Waals surface area contributed by atoms with Crippen molar-refractivity contribution in [3.63, 3.8) is 0 Å². The highest BCUT2D eigenvalue weighted by Gasteiger charge is 2.28. The van der Waals surface area contributed by atoms with E-state index < -0.39 is 28.1 Å². The second kappa shape index (κ2) is 7.17. The SMILES string of the molecule is CCN(CC)C(=O)C(C#N)=CC1=CC([N+](=O)[O-])=C(O)C(=O)C1. The summed E-state index contributed by atoms with van der Waals surface area (Å²) in [6.07, 6.45) is 1.83. The maximum atomic E-state index is 12.1. The molecule has 1 amide bonds. The Morgan fingerprint density at radius 3 is 2.59 bits per heavy atom. The summed E-state index contributed by atoms with van der Waals surface area (Å²) in [5.41, 5.74) is -0.825. The third kappa shape index (κ3) is 3.58. The topological polar surface area (TPSA) is 125 Å². The van der Waals surface area contributed by atoms with Crippen LogP contribution in [0.5, 0.6) is 0 Å². The van der Waals surface area contributed by atoms with Gasteiger partial charge in [0.25, 0.3) is 5.91 Å². The van der Waals surface area contributed by atoms with Gasteiger partial charge >= 0.3 is 5.70 Å². The van der Waals surface area contributed by atoms with Crippen molar-refractivity contribution in [3.05, 3.63) is 44.9 Å². The second-order valence-corrected chi connectivity index (χ2v) is 4.46. The molecule has 116 valence electrons. The van der Waals surface area contributed by atoms with Gasteiger partial charge in [0.2, 0.25) is 11.5 Å². The molecule has 0 heterocycles. The van der Waals surface area contributed by atoms with E-state index in [0.29, 0.717) is 13.1 Å². The van der Waals surface area contributed by atoms with Gasteiger partial charge in [0.15, 0.2) is 0 Å². The first kappa shape index (κ1) is 17.1. The number of ketones is 1. The Morgan fingerprint density at radius 2 is 2.14 bits per heavy atom. The number of allylic oxidation sites excluding steroid dienone is 4. The van der Waals surface area contributed by atoms with E-state index in [1.54, 1.807) is 19.9 Å². The first-order valence-corrected chi connectivity index (χ1v) is 6.58. The van der Waals surface area contributed by atoms with E-state index in [0.717, 1.165) is 12.2 Å². The predicted octanol–water partition coefficient (Wildman–Crippen LogP) is 1.25. The zero-order chi connectivity index (χ0) is 16.9. The molecule has 0 spiro atoms. The number of nitrogens with zero attached hydrogens (tertiary/aromatic N) is 3. The number of amides is 1. The minimum atomic E-state index is -0.921. The highest BCUT2D eigenvalue weighted by atomic mass is 16.6. The van der Waals surface area contributed by atoms with E-state index in [-0.39, 0.29) is 17.6 Å². The van der Waals surface area contributed by atoms with E-state index in [1.807, 2.05) is 0 Å². The molecular weight excluding hydrogens is 290 g/mol. The second-order valence-electron chi connectivity index (χ2n) is 4.46.